The highest BCUT2D eigenvalue weighted by molar-refractivity contribution is 6.05. The fraction of sp³-hybridized carbons (Fsp3) is 0.571. The topological polar surface area (TPSA) is 81.8 Å². The molecule has 3 atom stereocenters. The highest BCUT2D eigenvalue weighted by Crippen LogP contribution is 2.28. The summed E-state index contributed by atoms with van der Waals surface area (Å²) in [5, 5.41) is 5.87. The van der Waals surface area contributed by atoms with Gasteiger partial charge in [-0.05, 0) is 43.9 Å². The number of piperidine rings is 1. The van der Waals surface area contributed by atoms with Crippen molar-refractivity contribution >= 4 is 17.7 Å². The largest absolute Gasteiger partial charge is 0.322 e. The molecular formula is C21H28N4O3. The van der Waals surface area contributed by atoms with Crippen molar-refractivity contribution in [1.82, 2.24) is 20.4 Å². The minimum atomic E-state index is -0.556. The van der Waals surface area contributed by atoms with Crippen LogP contribution in [0.4, 0.5) is 0 Å². The van der Waals surface area contributed by atoms with Crippen LogP contribution >= 0.6 is 0 Å². The van der Waals surface area contributed by atoms with Crippen LogP contribution in [0.5, 0.6) is 0 Å². The van der Waals surface area contributed by atoms with Gasteiger partial charge in [-0.1, -0.05) is 12.1 Å². The summed E-state index contributed by atoms with van der Waals surface area (Å²) in [6.45, 7) is 7.68. The summed E-state index contributed by atoms with van der Waals surface area (Å²) in [5.74, 6) is -0.730. The molecule has 2 N–H and O–H groups in total. The average Bonchev–Trinajstić information content (AvgIpc) is 2.87. The second kappa shape index (κ2) is 7.64. The molecule has 7 heteroatoms. The summed E-state index contributed by atoms with van der Waals surface area (Å²) < 4.78 is 0. The Bertz CT molecular complexity index is 809. The number of benzene rings is 1. The third kappa shape index (κ3) is 3.69. The molecule has 3 heterocycles. The van der Waals surface area contributed by atoms with Crippen molar-refractivity contribution in [3.63, 3.8) is 0 Å². The smallest absolute Gasteiger partial charge is 0.255 e. The van der Waals surface area contributed by atoms with E-state index in [1.807, 2.05) is 12.1 Å². The quantitative estimate of drug-likeness (QED) is 0.761. The molecule has 3 aliphatic rings. The molecule has 2 fully saturated rings. The Kier molecular flexibility index (Phi) is 5.21. The Hall–Kier alpha value is -2.25. The van der Waals surface area contributed by atoms with Gasteiger partial charge in [-0.3, -0.25) is 24.6 Å². The number of rotatable bonds is 3. The van der Waals surface area contributed by atoms with Gasteiger partial charge in [-0.2, -0.15) is 0 Å². The maximum Gasteiger partial charge on any atom is 0.255 e. The fourth-order valence-electron chi connectivity index (χ4n) is 4.59. The van der Waals surface area contributed by atoms with E-state index in [9.17, 15) is 14.4 Å². The van der Waals surface area contributed by atoms with E-state index in [-0.39, 0.29) is 24.1 Å². The molecule has 1 aromatic rings. The van der Waals surface area contributed by atoms with Crippen LogP contribution in [0.3, 0.4) is 0 Å². The normalized spacial score (nSPS) is 28.9. The zero-order chi connectivity index (χ0) is 19.8. The van der Waals surface area contributed by atoms with Gasteiger partial charge in [-0.15, -0.1) is 0 Å². The van der Waals surface area contributed by atoms with Crippen LogP contribution in [0.1, 0.15) is 54.6 Å². The van der Waals surface area contributed by atoms with Crippen LogP contribution in [0.2, 0.25) is 0 Å². The van der Waals surface area contributed by atoms with Gasteiger partial charge in [0.25, 0.3) is 5.91 Å². The first-order chi connectivity index (χ1) is 13.4. The maximum absolute atomic E-state index is 13.0. The molecule has 0 bridgehead atoms. The van der Waals surface area contributed by atoms with Crippen molar-refractivity contribution in [3.05, 3.63) is 34.9 Å². The molecule has 2 saturated heterocycles. The first-order valence-electron chi connectivity index (χ1n) is 10.2. The van der Waals surface area contributed by atoms with Crippen LogP contribution in [0, 0.1) is 0 Å². The molecule has 28 heavy (non-hydrogen) atoms. The second-order valence-corrected chi connectivity index (χ2v) is 8.30. The lowest BCUT2D eigenvalue weighted by Gasteiger charge is -2.29. The van der Waals surface area contributed by atoms with E-state index in [0.717, 1.165) is 37.2 Å². The van der Waals surface area contributed by atoms with E-state index in [0.29, 0.717) is 30.6 Å². The monoisotopic (exact) mass is 384 g/mol. The summed E-state index contributed by atoms with van der Waals surface area (Å²) in [7, 11) is 0. The Morgan fingerprint density at radius 3 is 2.79 bits per heavy atom. The maximum atomic E-state index is 13.0. The lowest BCUT2D eigenvalue weighted by Crippen LogP contribution is -2.52. The van der Waals surface area contributed by atoms with Crippen molar-refractivity contribution in [2.75, 3.05) is 13.1 Å². The van der Waals surface area contributed by atoms with E-state index in [2.05, 4.69) is 35.4 Å². The van der Waals surface area contributed by atoms with E-state index < -0.39 is 6.04 Å². The Labute approximate surface area is 165 Å². The third-order valence-electron chi connectivity index (χ3n) is 6.19. The molecule has 0 aliphatic carbocycles. The molecule has 0 radical (unpaired) electrons. The summed E-state index contributed by atoms with van der Waals surface area (Å²) >= 11 is 0. The van der Waals surface area contributed by atoms with Crippen molar-refractivity contribution in [2.24, 2.45) is 0 Å². The number of carbonyl (C=O) groups excluding carboxylic acids is 3. The lowest BCUT2D eigenvalue weighted by atomic mass is 10.0. The number of fused-ring (bicyclic) bond motifs is 1. The van der Waals surface area contributed by atoms with E-state index >= 15 is 0 Å². The third-order valence-corrected chi connectivity index (χ3v) is 6.19. The van der Waals surface area contributed by atoms with Gasteiger partial charge in [0.1, 0.15) is 6.04 Å². The molecule has 3 aliphatic heterocycles. The van der Waals surface area contributed by atoms with E-state index in [1.165, 1.54) is 0 Å². The summed E-state index contributed by atoms with van der Waals surface area (Å²) in [4.78, 5) is 40.6. The predicted molar refractivity (Wildman–Crippen MR) is 104 cm³/mol. The number of hydrogen-bond donors (Lipinski definition) is 2. The van der Waals surface area contributed by atoms with Gasteiger partial charge in [0.15, 0.2) is 0 Å². The lowest BCUT2D eigenvalue weighted by molar-refractivity contribution is -0.136. The number of imide groups is 1. The zero-order valence-electron chi connectivity index (χ0n) is 16.5. The minimum absolute atomic E-state index is 0.106. The van der Waals surface area contributed by atoms with E-state index in [4.69, 9.17) is 0 Å². The van der Waals surface area contributed by atoms with Gasteiger partial charge in [-0.25, -0.2) is 0 Å². The van der Waals surface area contributed by atoms with Crippen molar-refractivity contribution in [3.8, 4) is 0 Å². The number of nitrogens with one attached hydrogen (secondary N) is 2. The molecular weight excluding hydrogens is 356 g/mol. The first kappa shape index (κ1) is 19.1. The molecule has 3 amide bonds. The van der Waals surface area contributed by atoms with E-state index in [1.54, 1.807) is 4.90 Å². The summed E-state index contributed by atoms with van der Waals surface area (Å²) in [6.07, 6.45) is 1.78. The minimum Gasteiger partial charge on any atom is -0.322 e. The Morgan fingerprint density at radius 2 is 2.00 bits per heavy atom. The Morgan fingerprint density at radius 1 is 1.18 bits per heavy atom. The zero-order valence-corrected chi connectivity index (χ0v) is 16.5. The number of carbonyl (C=O) groups is 3. The van der Waals surface area contributed by atoms with Crippen LogP contribution in [0.25, 0.3) is 0 Å². The van der Waals surface area contributed by atoms with Crippen LogP contribution in [0.15, 0.2) is 18.2 Å². The number of nitrogens with zero attached hydrogens (tertiary/aromatic N) is 2. The molecule has 150 valence electrons. The van der Waals surface area contributed by atoms with Crippen LogP contribution in [-0.2, 0) is 22.7 Å². The molecule has 3 unspecified atom stereocenters. The predicted octanol–water partition coefficient (Wildman–Crippen LogP) is 1.02. The molecule has 0 aromatic heterocycles. The van der Waals surface area contributed by atoms with Gasteiger partial charge in [0.2, 0.25) is 11.8 Å². The molecule has 4 rings (SSSR count). The van der Waals surface area contributed by atoms with Crippen LogP contribution < -0.4 is 10.6 Å². The summed E-state index contributed by atoms with van der Waals surface area (Å²) in [6, 6.07) is 6.53. The highest BCUT2D eigenvalue weighted by Gasteiger charge is 2.39. The molecule has 7 nitrogen and oxygen atoms in total. The van der Waals surface area contributed by atoms with Gasteiger partial charge < -0.3 is 10.2 Å². The molecule has 0 saturated carbocycles. The van der Waals surface area contributed by atoms with Gasteiger partial charge >= 0.3 is 0 Å². The first-order valence-corrected chi connectivity index (χ1v) is 10.2. The van der Waals surface area contributed by atoms with Gasteiger partial charge in [0, 0.05) is 50.2 Å². The van der Waals surface area contributed by atoms with Crippen LogP contribution in [-0.4, -0.2) is 58.7 Å². The standard InChI is InChI=1S/C21H28N4O3/c1-13-9-14(2)24(8-7-22-13)11-15-3-4-16-12-25(21(28)17(16)10-15)18-5-6-19(26)23-20(18)27/h3-4,10,13-14,18,22H,5-9,11-12H2,1-2H3,(H,23,26,27). The fourth-order valence-corrected chi connectivity index (χ4v) is 4.59. The SMILES string of the molecule is CC1CC(C)N(Cc2ccc3c(c2)C(=O)N(C2CCC(=O)NC2=O)C3)CCN1. The highest BCUT2D eigenvalue weighted by atomic mass is 16.2. The number of amides is 3. The van der Waals surface area contributed by atoms with Crippen molar-refractivity contribution < 1.29 is 14.4 Å². The molecule has 1 aromatic carbocycles. The molecule has 0 spiro atoms. The Balaban J connectivity index is 1.48. The number of hydrogen-bond acceptors (Lipinski definition) is 5. The van der Waals surface area contributed by atoms with Crippen molar-refractivity contribution in [2.45, 2.75) is 64.3 Å². The van der Waals surface area contributed by atoms with Gasteiger partial charge in [0.05, 0.1) is 0 Å². The van der Waals surface area contributed by atoms with Crippen molar-refractivity contribution in [1.29, 1.82) is 0 Å². The summed E-state index contributed by atoms with van der Waals surface area (Å²) in [5.41, 5.74) is 2.77. The average molecular weight is 384 g/mol. The second-order valence-electron chi connectivity index (χ2n) is 8.30.